The van der Waals surface area contributed by atoms with Crippen molar-refractivity contribution < 1.29 is 19.5 Å². The first-order valence-electron chi connectivity index (χ1n) is 6.63. The van der Waals surface area contributed by atoms with Crippen molar-refractivity contribution in [3.63, 3.8) is 0 Å². The predicted molar refractivity (Wildman–Crippen MR) is 78.1 cm³/mol. The number of aliphatic carboxylic acids is 1. The molecule has 0 spiro atoms. The monoisotopic (exact) mass is 293 g/mol. The van der Waals surface area contributed by atoms with Crippen molar-refractivity contribution in [2.75, 3.05) is 24.5 Å². The highest BCUT2D eigenvalue weighted by molar-refractivity contribution is 5.97. The summed E-state index contributed by atoms with van der Waals surface area (Å²) in [6.07, 6.45) is 0.800. The van der Waals surface area contributed by atoms with E-state index in [0.717, 1.165) is 11.3 Å². The quantitative estimate of drug-likeness (QED) is 0.693. The standard InChI is InChI=1S/C14H19N3O4/c1-2-8-15-12(18)9-16-14(21)17(10-13(19)20)11-6-4-3-5-7-11/h3-7H,2,8-10H2,1H3,(H,15,18)(H,16,21)(H,19,20). The molecule has 0 heterocycles. The van der Waals surface area contributed by atoms with Gasteiger partial charge < -0.3 is 15.7 Å². The van der Waals surface area contributed by atoms with Crippen molar-refractivity contribution in [2.45, 2.75) is 13.3 Å². The largest absolute Gasteiger partial charge is 0.480 e. The Labute approximate surface area is 122 Å². The number of hydrogen-bond donors (Lipinski definition) is 3. The molecule has 114 valence electrons. The van der Waals surface area contributed by atoms with Gasteiger partial charge in [-0.15, -0.1) is 0 Å². The number of nitrogens with one attached hydrogen (secondary N) is 2. The Kier molecular flexibility index (Phi) is 6.73. The number of carbonyl (C=O) groups is 3. The summed E-state index contributed by atoms with van der Waals surface area (Å²) < 4.78 is 0. The third kappa shape index (κ3) is 5.94. The number of carboxylic acid groups (broad SMARTS) is 1. The van der Waals surface area contributed by atoms with Crippen LogP contribution in [0.15, 0.2) is 30.3 Å². The summed E-state index contributed by atoms with van der Waals surface area (Å²) in [5, 5.41) is 13.9. The Balaban J connectivity index is 2.64. The first-order valence-corrected chi connectivity index (χ1v) is 6.63. The molecule has 0 atom stereocenters. The lowest BCUT2D eigenvalue weighted by Crippen LogP contribution is -2.46. The van der Waals surface area contributed by atoms with Crippen molar-refractivity contribution in [1.82, 2.24) is 10.6 Å². The molecular weight excluding hydrogens is 274 g/mol. The van der Waals surface area contributed by atoms with Crippen molar-refractivity contribution in [1.29, 1.82) is 0 Å². The van der Waals surface area contributed by atoms with Gasteiger partial charge in [0.2, 0.25) is 5.91 Å². The fraction of sp³-hybridized carbons (Fsp3) is 0.357. The summed E-state index contributed by atoms with van der Waals surface area (Å²) in [7, 11) is 0. The number of anilines is 1. The zero-order valence-corrected chi connectivity index (χ0v) is 11.8. The molecular formula is C14H19N3O4. The van der Waals surface area contributed by atoms with Gasteiger partial charge in [-0.05, 0) is 18.6 Å². The maximum absolute atomic E-state index is 12.0. The maximum Gasteiger partial charge on any atom is 0.323 e. The molecule has 7 heteroatoms. The lowest BCUT2D eigenvalue weighted by Gasteiger charge is -2.21. The summed E-state index contributed by atoms with van der Waals surface area (Å²) >= 11 is 0. The Morgan fingerprint density at radius 1 is 1.14 bits per heavy atom. The van der Waals surface area contributed by atoms with Crippen LogP contribution >= 0.6 is 0 Å². The van der Waals surface area contributed by atoms with Crippen LogP contribution < -0.4 is 15.5 Å². The minimum Gasteiger partial charge on any atom is -0.480 e. The van der Waals surface area contributed by atoms with Crippen LogP contribution in [0.4, 0.5) is 10.5 Å². The lowest BCUT2D eigenvalue weighted by atomic mass is 10.3. The van der Waals surface area contributed by atoms with E-state index >= 15 is 0 Å². The smallest absolute Gasteiger partial charge is 0.323 e. The molecule has 0 aliphatic rings. The minimum atomic E-state index is -1.13. The molecule has 0 fully saturated rings. The highest BCUT2D eigenvalue weighted by Crippen LogP contribution is 2.12. The van der Waals surface area contributed by atoms with Crippen molar-refractivity contribution in [3.05, 3.63) is 30.3 Å². The lowest BCUT2D eigenvalue weighted by molar-refractivity contribution is -0.135. The van der Waals surface area contributed by atoms with Crippen LogP contribution in [-0.4, -0.2) is 42.6 Å². The molecule has 0 radical (unpaired) electrons. The Morgan fingerprint density at radius 2 is 1.81 bits per heavy atom. The highest BCUT2D eigenvalue weighted by atomic mass is 16.4. The van der Waals surface area contributed by atoms with Gasteiger partial charge in [0.05, 0.1) is 6.54 Å². The van der Waals surface area contributed by atoms with E-state index in [0.29, 0.717) is 12.2 Å². The second-order valence-corrected chi connectivity index (χ2v) is 4.32. The molecule has 0 saturated carbocycles. The van der Waals surface area contributed by atoms with Crippen molar-refractivity contribution in [3.8, 4) is 0 Å². The number of carboxylic acids is 1. The Morgan fingerprint density at radius 3 is 2.38 bits per heavy atom. The van der Waals surface area contributed by atoms with Gasteiger partial charge in [-0.1, -0.05) is 25.1 Å². The summed E-state index contributed by atoms with van der Waals surface area (Å²) in [5.74, 6) is -1.45. The van der Waals surface area contributed by atoms with Crippen LogP contribution in [0.3, 0.4) is 0 Å². The van der Waals surface area contributed by atoms with Gasteiger partial charge in [-0.2, -0.15) is 0 Å². The Bertz CT molecular complexity index is 490. The van der Waals surface area contributed by atoms with Crippen LogP contribution in [0.2, 0.25) is 0 Å². The van der Waals surface area contributed by atoms with Gasteiger partial charge in [0.1, 0.15) is 6.54 Å². The molecule has 0 saturated heterocycles. The normalized spacial score (nSPS) is 9.76. The summed E-state index contributed by atoms with van der Waals surface area (Å²) in [4.78, 5) is 35.4. The average Bonchev–Trinajstić information content (AvgIpc) is 2.48. The van der Waals surface area contributed by atoms with Crippen molar-refractivity contribution >= 4 is 23.6 Å². The van der Waals surface area contributed by atoms with Gasteiger partial charge in [0, 0.05) is 12.2 Å². The van der Waals surface area contributed by atoms with E-state index in [1.807, 2.05) is 6.92 Å². The topological polar surface area (TPSA) is 98.7 Å². The summed E-state index contributed by atoms with van der Waals surface area (Å²) in [6, 6.07) is 7.78. The number of rotatable bonds is 7. The fourth-order valence-corrected chi connectivity index (χ4v) is 1.60. The zero-order valence-electron chi connectivity index (χ0n) is 11.8. The molecule has 1 aromatic carbocycles. The number of benzene rings is 1. The molecule has 3 amide bonds. The van der Waals surface area contributed by atoms with E-state index in [4.69, 9.17) is 5.11 Å². The predicted octanol–water partition coefficient (Wildman–Crippen LogP) is 0.813. The van der Waals surface area contributed by atoms with E-state index < -0.39 is 18.5 Å². The SMILES string of the molecule is CCCNC(=O)CNC(=O)N(CC(=O)O)c1ccccc1. The second kappa shape index (κ2) is 8.57. The zero-order chi connectivity index (χ0) is 15.7. The van der Waals surface area contributed by atoms with Gasteiger partial charge in [-0.25, -0.2) is 4.79 Å². The van der Waals surface area contributed by atoms with Crippen LogP contribution in [0.25, 0.3) is 0 Å². The molecule has 0 aliphatic carbocycles. The number of para-hydroxylation sites is 1. The molecule has 0 aliphatic heterocycles. The molecule has 1 rings (SSSR count). The van der Waals surface area contributed by atoms with Crippen molar-refractivity contribution in [2.24, 2.45) is 0 Å². The molecule has 1 aromatic rings. The van der Waals surface area contributed by atoms with Gasteiger partial charge in [-0.3, -0.25) is 14.5 Å². The molecule has 0 aromatic heterocycles. The Hall–Kier alpha value is -2.57. The van der Waals surface area contributed by atoms with Crippen LogP contribution in [0.5, 0.6) is 0 Å². The summed E-state index contributed by atoms with van der Waals surface area (Å²) in [6.45, 7) is 1.78. The van der Waals surface area contributed by atoms with E-state index in [2.05, 4.69) is 10.6 Å². The first-order chi connectivity index (χ1) is 10.0. The number of carbonyl (C=O) groups excluding carboxylic acids is 2. The molecule has 0 bridgehead atoms. The number of urea groups is 1. The van der Waals surface area contributed by atoms with E-state index in [1.54, 1.807) is 30.3 Å². The minimum absolute atomic E-state index is 0.193. The highest BCUT2D eigenvalue weighted by Gasteiger charge is 2.18. The fourth-order valence-electron chi connectivity index (χ4n) is 1.60. The average molecular weight is 293 g/mol. The number of amides is 3. The van der Waals surface area contributed by atoms with E-state index in [-0.39, 0.29) is 12.5 Å². The third-order valence-corrected chi connectivity index (χ3v) is 2.58. The van der Waals surface area contributed by atoms with Crippen LogP contribution in [-0.2, 0) is 9.59 Å². The van der Waals surface area contributed by atoms with Gasteiger partial charge in [0.15, 0.2) is 0 Å². The third-order valence-electron chi connectivity index (χ3n) is 2.58. The molecule has 3 N–H and O–H groups in total. The number of hydrogen-bond acceptors (Lipinski definition) is 3. The van der Waals surface area contributed by atoms with Crippen LogP contribution in [0.1, 0.15) is 13.3 Å². The molecule has 21 heavy (non-hydrogen) atoms. The number of nitrogens with zero attached hydrogens (tertiary/aromatic N) is 1. The molecule has 0 unspecified atom stereocenters. The van der Waals surface area contributed by atoms with Gasteiger partial charge in [0.25, 0.3) is 0 Å². The molecule has 7 nitrogen and oxygen atoms in total. The first kappa shape index (κ1) is 16.5. The maximum atomic E-state index is 12.0. The van der Waals surface area contributed by atoms with Crippen LogP contribution in [0, 0.1) is 0 Å². The summed E-state index contributed by atoms with van der Waals surface area (Å²) in [5.41, 5.74) is 0.450. The van der Waals surface area contributed by atoms with E-state index in [1.165, 1.54) is 0 Å². The van der Waals surface area contributed by atoms with E-state index in [9.17, 15) is 14.4 Å². The second-order valence-electron chi connectivity index (χ2n) is 4.32. The van der Waals surface area contributed by atoms with Gasteiger partial charge >= 0.3 is 12.0 Å².